The summed E-state index contributed by atoms with van der Waals surface area (Å²) in [6, 6.07) is 16.2. The number of ether oxygens (including phenoxy) is 1. The largest absolute Gasteiger partial charge is 0.484 e. The molecule has 2 N–H and O–H groups in total. The Hall–Kier alpha value is -2.87. The third-order valence-electron chi connectivity index (χ3n) is 5.40. The molecule has 0 aliphatic heterocycles. The van der Waals surface area contributed by atoms with Crippen molar-refractivity contribution in [3.05, 3.63) is 91.9 Å². The fourth-order valence-corrected chi connectivity index (χ4v) is 4.11. The average molecular weight is 576 g/mol. The maximum atomic E-state index is 12.7. The molecule has 4 rings (SSSR count). The molecule has 0 bridgehead atoms. The first-order valence-electron chi connectivity index (χ1n) is 10.9. The van der Waals surface area contributed by atoms with Gasteiger partial charge in [0.25, 0.3) is 11.8 Å². The lowest BCUT2D eigenvalue weighted by molar-refractivity contribution is -0.118. The van der Waals surface area contributed by atoms with E-state index in [2.05, 4.69) is 26.6 Å². The fourth-order valence-electron chi connectivity index (χ4n) is 3.31. The van der Waals surface area contributed by atoms with E-state index in [0.717, 1.165) is 12.8 Å². The molecule has 0 radical (unpaired) electrons. The predicted molar refractivity (Wildman–Crippen MR) is 140 cm³/mol. The number of carbonyl (C=O) groups is 3. The third-order valence-corrected chi connectivity index (χ3v) is 6.66. The van der Waals surface area contributed by atoms with E-state index in [-0.39, 0.29) is 18.3 Å². The molecule has 1 saturated carbocycles. The van der Waals surface area contributed by atoms with Crippen LogP contribution < -0.4 is 15.4 Å². The van der Waals surface area contributed by atoms with E-state index in [1.807, 2.05) is 0 Å². The molecule has 1 aliphatic carbocycles. The van der Waals surface area contributed by atoms with Gasteiger partial charge in [-0.15, -0.1) is 0 Å². The zero-order chi connectivity index (χ0) is 24.9. The van der Waals surface area contributed by atoms with Gasteiger partial charge in [0.2, 0.25) is 0 Å². The minimum Gasteiger partial charge on any atom is -0.484 e. The van der Waals surface area contributed by atoms with Gasteiger partial charge in [-0.25, -0.2) is 0 Å². The summed E-state index contributed by atoms with van der Waals surface area (Å²) in [7, 11) is 0. The van der Waals surface area contributed by atoms with Crippen molar-refractivity contribution in [2.45, 2.75) is 12.8 Å². The Bertz CT molecular complexity index is 1280. The van der Waals surface area contributed by atoms with Gasteiger partial charge in [-0.05, 0) is 79.4 Å². The molecule has 0 heterocycles. The monoisotopic (exact) mass is 574 g/mol. The Balaban J connectivity index is 1.32. The second-order valence-electron chi connectivity index (χ2n) is 8.16. The van der Waals surface area contributed by atoms with Crippen molar-refractivity contribution in [3.63, 3.8) is 0 Å². The summed E-state index contributed by atoms with van der Waals surface area (Å²) < 4.78 is 6.19. The summed E-state index contributed by atoms with van der Waals surface area (Å²) in [6.07, 6.45) is 2.26. The van der Waals surface area contributed by atoms with Gasteiger partial charge in [0, 0.05) is 32.9 Å². The molecular weight excluding hydrogens is 555 g/mol. The number of benzene rings is 3. The summed E-state index contributed by atoms with van der Waals surface area (Å²) in [5.41, 5.74) is 1.65. The number of nitrogens with one attached hydrogen (secondary N) is 2. The second kappa shape index (κ2) is 11.2. The molecule has 9 heteroatoms. The normalized spacial score (nSPS) is 12.7. The minimum atomic E-state index is -0.403. The molecule has 1 aliphatic rings. The third kappa shape index (κ3) is 6.84. The van der Waals surface area contributed by atoms with Crippen molar-refractivity contribution in [2.24, 2.45) is 5.92 Å². The molecule has 3 aromatic carbocycles. The minimum absolute atomic E-state index is 0.191. The topological polar surface area (TPSA) is 84.5 Å². The maximum Gasteiger partial charge on any atom is 0.262 e. The number of hydrogen-bond donors (Lipinski definition) is 2. The van der Waals surface area contributed by atoms with Crippen LogP contribution in [0.3, 0.4) is 0 Å². The van der Waals surface area contributed by atoms with Crippen LogP contribution >= 0.6 is 39.1 Å². The fraction of sp³-hybridized carbons (Fsp3) is 0.192. The lowest BCUT2D eigenvalue weighted by Gasteiger charge is -2.11. The molecule has 0 unspecified atom stereocenters. The highest BCUT2D eigenvalue weighted by atomic mass is 79.9. The van der Waals surface area contributed by atoms with Crippen LogP contribution in [0.1, 0.15) is 39.1 Å². The summed E-state index contributed by atoms with van der Waals surface area (Å²) in [5, 5.41) is 6.34. The first kappa shape index (κ1) is 25.2. The van der Waals surface area contributed by atoms with E-state index in [1.54, 1.807) is 54.6 Å². The lowest BCUT2D eigenvalue weighted by atomic mass is 10.0. The Kier molecular flexibility index (Phi) is 8.11. The van der Waals surface area contributed by atoms with Crippen molar-refractivity contribution in [3.8, 4) is 5.75 Å². The van der Waals surface area contributed by atoms with Gasteiger partial charge < -0.3 is 15.4 Å². The van der Waals surface area contributed by atoms with Crippen molar-refractivity contribution in [2.75, 3.05) is 18.5 Å². The van der Waals surface area contributed by atoms with E-state index in [1.165, 1.54) is 6.07 Å². The molecule has 3 aromatic rings. The summed E-state index contributed by atoms with van der Waals surface area (Å²) in [6.45, 7) is 0.374. The van der Waals surface area contributed by atoms with Crippen LogP contribution in [-0.4, -0.2) is 30.7 Å². The van der Waals surface area contributed by atoms with Crippen LogP contribution in [0.25, 0.3) is 0 Å². The zero-order valence-electron chi connectivity index (χ0n) is 18.4. The lowest BCUT2D eigenvalue weighted by Crippen LogP contribution is -2.26. The molecule has 0 saturated heterocycles. The standard InChI is InChI=1S/C26H21BrCl2N2O4/c27-22-9-5-17(28)11-20(22)25(33)16-3-7-19(8-4-16)35-14-24(32)31-18-6-10-23(29)21(12-18)26(34)30-13-15-1-2-15/h3-12,15H,1-2,13-14H2,(H,30,34)(H,31,32). The number of carbonyl (C=O) groups excluding carboxylic acids is 3. The van der Waals surface area contributed by atoms with E-state index in [4.69, 9.17) is 27.9 Å². The van der Waals surface area contributed by atoms with Crippen molar-refractivity contribution < 1.29 is 19.1 Å². The molecule has 0 spiro atoms. The number of amides is 2. The highest BCUT2D eigenvalue weighted by Gasteiger charge is 2.22. The summed E-state index contributed by atoms with van der Waals surface area (Å²) in [4.78, 5) is 37.5. The van der Waals surface area contributed by atoms with Crippen molar-refractivity contribution in [1.82, 2.24) is 5.32 Å². The average Bonchev–Trinajstić information content (AvgIpc) is 3.68. The summed E-state index contributed by atoms with van der Waals surface area (Å²) >= 11 is 15.5. The Morgan fingerprint density at radius 1 is 0.943 bits per heavy atom. The van der Waals surface area contributed by atoms with Crippen molar-refractivity contribution in [1.29, 1.82) is 0 Å². The highest BCUT2D eigenvalue weighted by Crippen LogP contribution is 2.28. The molecule has 2 amide bonds. The molecule has 0 atom stereocenters. The number of hydrogen-bond acceptors (Lipinski definition) is 4. The van der Waals surface area contributed by atoms with Crippen LogP contribution in [0.15, 0.2) is 65.1 Å². The molecule has 180 valence electrons. The number of halogens is 3. The van der Waals surface area contributed by atoms with Crippen LogP contribution in [0, 0.1) is 5.92 Å². The van der Waals surface area contributed by atoms with Gasteiger partial charge in [0.15, 0.2) is 12.4 Å². The number of anilines is 1. The number of rotatable bonds is 9. The Morgan fingerprint density at radius 3 is 2.40 bits per heavy atom. The SMILES string of the molecule is O=C(COc1ccc(C(=O)c2cc(Cl)ccc2Br)cc1)Nc1ccc(Cl)c(C(=O)NCC2CC2)c1. The second-order valence-corrected chi connectivity index (χ2v) is 9.86. The van der Waals surface area contributed by atoms with Crippen LogP contribution in [-0.2, 0) is 4.79 Å². The van der Waals surface area contributed by atoms with Gasteiger partial charge in [0.05, 0.1) is 10.6 Å². The van der Waals surface area contributed by atoms with Crippen LogP contribution in [0.5, 0.6) is 5.75 Å². The van der Waals surface area contributed by atoms with Gasteiger partial charge >= 0.3 is 0 Å². The Morgan fingerprint density at radius 2 is 1.69 bits per heavy atom. The van der Waals surface area contributed by atoms with Gasteiger partial charge in [0.1, 0.15) is 5.75 Å². The molecule has 1 fully saturated rings. The smallest absolute Gasteiger partial charge is 0.262 e. The predicted octanol–water partition coefficient (Wildman–Crippen LogP) is 6.14. The Labute approximate surface area is 221 Å². The van der Waals surface area contributed by atoms with Crippen LogP contribution in [0.2, 0.25) is 10.0 Å². The van der Waals surface area contributed by atoms with E-state index >= 15 is 0 Å². The van der Waals surface area contributed by atoms with Crippen LogP contribution in [0.4, 0.5) is 5.69 Å². The van der Waals surface area contributed by atoms with E-state index in [9.17, 15) is 14.4 Å². The quantitative estimate of drug-likeness (QED) is 0.300. The summed E-state index contributed by atoms with van der Waals surface area (Å²) in [5.74, 6) is 0.110. The van der Waals surface area contributed by atoms with Gasteiger partial charge in [-0.3, -0.25) is 14.4 Å². The molecule has 0 aromatic heterocycles. The molecule has 35 heavy (non-hydrogen) atoms. The van der Waals surface area contributed by atoms with Crippen molar-refractivity contribution >= 4 is 62.4 Å². The first-order chi connectivity index (χ1) is 16.8. The zero-order valence-corrected chi connectivity index (χ0v) is 21.5. The van der Waals surface area contributed by atoms with E-state index in [0.29, 0.717) is 55.1 Å². The maximum absolute atomic E-state index is 12.7. The van der Waals surface area contributed by atoms with Gasteiger partial charge in [-0.1, -0.05) is 39.1 Å². The van der Waals surface area contributed by atoms with Gasteiger partial charge in [-0.2, -0.15) is 0 Å². The van der Waals surface area contributed by atoms with E-state index < -0.39 is 5.91 Å². The number of ketones is 1. The molecular formula is C26H21BrCl2N2O4. The highest BCUT2D eigenvalue weighted by molar-refractivity contribution is 9.10. The molecule has 6 nitrogen and oxygen atoms in total. The first-order valence-corrected chi connectivity index (χ1v) is 12.5.